The Balaban J connectivity index is 1.45. The third-order valence-corrected chi connectivity index (χ3v) is 7.89. The maximum absolute atomic E-state index is 13.7. The van der Waals surface area contributed by atoms with Gasteiger partial charge in [0, 0.05) is 31.4 Å². The molecule has 5 rings (SSSR count). The molecule has 1 N–H and O–H groups in total. The van der Waals surface area contributed by atoms with Gasteiger partial charge in [-0.3, -0.25) is 9.59 Å². The van der Waals surface area contributed by atoms with Crippen molar-refractivity contribution in [1.82, 2.24) is 20.2 Å². The molecular formula is C30H34ClN5O3. The molecule has 3 aromatic rings. The zero-order chi connectivity index (χ0) is 27.4. The number of anilines is 1. The highest BCUT2D eigenvalue weighted by Gasteiger charge is 2.32. The van der Waals surface area contributed by atoms with Crippen LogP contribution in [0.15, 0.2) is 54.7 Å². The number of carbonyl (C=O) groups is 2. The van der Waals surface area contributed by atoms with Crippen molar-refractivity contribution >= 4 is 29.4 Å². The normalized spacial score (nSPS) is 19.3. The van der Waals surface area contributed by atoms with Crippen LogP contribution >= 0.6 is 11.6 Å². The van der Waals surface area contributed by atoms with Crippen LogP contribution in [-0.2, 0) is 22.4 Å². The van der Waals surface area contributed by atoms with Gasteiger partial charge < -0.3 is 19.9 Å². The van der Waals surface area contributed by atoms with Gasteiger partial charge in [0.25, 0.3) is 11.8 Å². The predicted octanol–water partition coefficient (Wildman–Crippen LogP) is 4.15. The minimum absolute atomic E-state index is 0.153. The van der Waals surface area contributed by atoms with Crippen LogP contribution in [-0.4, -0.2) is 66.1 Å². The highest BCUT2D eigenvalue weighted by Crippen LogP contribution is 2.35. The smallest absolute Gasteiger partial charge is 0.257 e. The van der Waals surface area contributed by atoms with Gasteiger partial charge in [0.05, 0.1) is 30.5 Å². The average molecular weight is 548 g/mol. The molecule has 39 heavy (non-hydrogen) atoms. The summed E-state index contributed by atoms with van der Waals surface area (Å²) in [6.07, 6.45) is 4.37. The van der Waals surface area contributed by atoms with Crippen LogP contribution in [0.3, 0.4) is 0 Å². The number of hydrogen-bond acceptors (Lipinski definition) is 6. The first kappa shape index (κ1) is 27.1. The zero-order valence-electron chi connectivity index (χ0n) is 22.4. The highest BCUT2D eigenvalue weighted by atomic mass is 35.5. The number of likely N-dealkylation sites (N-methyl/N-ethyl adjacent to an activating group) is 1. The maximum atomic E-state index is 13.7. The highest BCUT2D eigenvalue weighted by molar-refractivity contribution is 6.30. The summed E-state index contributed by atoms with van der Waals surface area (Å²) in [6.45, 7) is 3.85. The van der Waals surface area contributed by atoms with E-state index in [0.29, 0.717) is 36.1 Å². The summed E-state index contributed by atoms with van der Waals surface area (Å²) in [6, 6.07) is 16.4. The van der Waals surface area contributed by atoms with Crippen LogP contribution in [0.2, 0.25) is 5.02 Å². The van der Waals surface area contributed by atoms with Gasteiger partial charge in [-0.05, 0) is 61.4 Å². The maximum Gasteiger partial charge on any atom is 0.257 e. The minimum Gasteiger partial charge on any atom is -0.365 e. The largest absolute Gasteiger partial charge is 0.365 e. The Hall–Kier alpha value is -3.49. The molecule has 2 unspecified atom stereocenters. The van der Waals surface area contributed by atoms with E-state index in [9.17, 15) is 9.59 Å². The van der Waals surface area contributed by atoms with Gasteiger partial charge in [-0.15, -0.1) is 0 Å². The van der Waals surface area contributed by atoms with E-state index >= 15 is 0 Å². The Kier molecular flexibility index (Phi) is 8.43. The molecule has 0 spiro atoms. The van der Waals surface area contributed by atoms with Crippen LogP contribution < -0.4 is 10.2 Å². The Bertz CT molecular complexity index is 1330. The fraction of sp³-hybridized carbons (Fsp3) is 0.400. The molecule has 1 aromatic heterocycles. The van der Waals surface area contributed by atoms with Crippen LogP contribution in [0.5, 0.6) is 0 Å². The van der Waals surface area contributed by atoms with Gasteiger partial charge in [0.2, 0.25) is 5.95 Å². The minimum atomic E-state index is -0.687. The van der Waals surface area contributed by atoms with Gasteiger partial charge >= 0.3 is 0 Å². The fourth-order valence-corrected chi connectivity index (χ4v) is 5.55. The predicted molar refractivity (Wildman–Crippen MR) is 151 cm³/mol. The van der Waals surface area contributed by atoms with Crippen LogP contribution in [0.4, 0.5) is 5.95 Å². The lowest BCUT2D eigenvalue weighted by molar-refractivity contribution is -0.136. The fourth-order valence-electron chi connectivity index (χ4n) is 5.42. The first-order valence-corrected chi connectivity index (χ1v) is 13.9. The third-order valence-electron chi connectivity index (χ3n) is 7.63. The van der Waals surface area contributed by atoms with Crippen molar-refractivity contribution in [1.29, 1.82) is 0 Å². The van der Waals surface area contributed by atoms with Crippen molar-refractivity contribution in [2.75, 3.05) is 38.2 Å². The number of morpholine rings is 1. The van der Waals surface area contributed by atoms with E-state index in [4.69, 9.17) is 26.3 Å². The number of nitrogens with zero attached hydrogens (tertiary/aromatic N) is 4. The molecule has 2 fully saturated rings. The van der Waals surface area contributed by atoms with E-state index in [-0.39, 0.29) is 24.4 Å². The molecule has 8 nitrogen and oxygen atoms in total. The van der Waals surface area contributed by atoms with Gasteiger partial charge in [0.1, 0.15) is 0 Å². The summed E-state index contributed by atoms with van der Waals surface area (Å²) in [7, 11) is 1.57. The summed E-state index contributed by atoms with van der Waals surface area (Å²) < 4.78 is 5.59. The molecule has 0 radical (unpaired) electrons. The lowest BCUT2D eigenvalue weighted by atomic mass is 10.0. The van der Waals surface area contributed by atoms with Crippen LogP contribution in [0.1, 0.15) is 51.6 Å². The van der Waals surface area contributed by atoms with Crippen LogP contribution in [0.25, 0.3) is 0 Å². The van der Waals surface area contributed by atoms with Gasteiger partial charge in [-0.2, -0.15) is 0 Å². The first-order valence-electron chi connectivity index (χ1n) is 13.5. The summed E-state index contributed by atoms with van der Waals surface area (Å²) in [5.41, 5.74) is 4.81. The zero-order valence-corrected chi connectivity index (χ0v) is 23.2. The van der Waals surface area contributed by atoms with E-state index in [1.54, 1.807) is 18.1 Å². The summed E-state index contributed by atoms with van der Waals surface area (Å²) in [5.74, 6) is 0.226. The number of aryl methyl sites for hydroxylation is 3. The SMILES string of the molecule is CNC(=O)C1CN(C(=O)c2cnc(N3CCCC3c3ccc(Cl)cc3)nc2CCc2ccccc2C)CCO1. The monoisotopic (exact) mass is 547 g/mol. The number of amides is 2. The van der Waals surface area contributed by atoms with Crippen molar-refractivity contribution in [3.63, 3.8) is 0 Å². The number of carbonyl (C=O) groups excluding carboxylic acids is 2. The lowest BCUT2D eigenvalue weighted by Gasteiger charge is -2.32. The number of benzene rings is 2. The second-order valence-corrected chi connectivity index (χ2v) is 10.5. The summed E-state index contributed by atoms with van der Waals surface area (Å²) in [5, 5.41) is 3.32. The molecule has 2 aromatic carbocycles. The van der Waals surface area contributed by atoms with E-state index in [2.05, 4.69) is 41.4 Å². The van der Waals surface area contributed by atoms with Crippen molar-refractivity contribution < 1.29 is 14.3 Å². The first-order chi connectivity index (χ1) is 18.9. The number of rotatable bonds is 7. The summed E-state index contributed by atoms with van der Waals surface area (Å²) >= 11 is 6.13. The summed E-state index contributed by atoms with van der Waals surface area (Å²) in [4.78, 5) is 39.5. The van der Waals surface area contributed by atoms with E-state index < -0.39 is 6.10 Å². The Morgan fingerprint density at radius 1 is 1.10 bits per heavy atom. The van der Waals surface area contributed by atoms with Gasteiger partial charge in [-0.25, -0.2) is 9.97 Å². The molecule has 0 aliphatic carbocycles. The van der Waals surface area contributed by atoms with E-state index in [1.807, 2.05) is 24.3 Å². The Labute approximate surface area is 234 Å². The third kappa shape index (κ3) is 6.07. The van der Waals surface area contributed by atoms with Crippen molar-refractivity contribution in [3.8, 4) is 0 Å². The molecule has 3 heterocycles. The van der Waals surface area contributed by atoms with E-state index in [0.717, 1.165) is 31.5 Å². The lowest BCUT2D eigenvalue weighted by Crippen LogP contribution is -2.51. The van der Waals surface area contributed by atoms with E-state index in [1.165, 1.54) is 16.7 Å². The molecule has 2 saturated heterocycles. The number of aromatic nitrogens is 2. The molecule has 2 aliphatic rings. The Morgan fingerprint density at radius 2 is 1.90 bits per heavy atom. The average Bonchev–Trinajstić information content (AvgIpc) is 3.46. The number of hydrogen-bond donors (Lipinski definition) is 1. The van der Waals surface area contributed by atoms with Crippen LogP contribution in [0, 0.1) is 6.92 Å². The molecule has 204 valence electrons. The molecule has 2 aliphatic heterocycles. The molecule has 0 saturated carbocycles. The molecule has 0 bridgehead atoms. The Morgan fingerprint density at radius 3 is 2.67 bits per heavy atom. The number of ether oxygens (including phenoxy) is 1. The topological polar surface area (TPSA) is 87.7 Å². The molecular weight excluding hydrogens is 514 g/mol. The molecule has 2 amide bonds. The van der Waals surface area contributed by atoms with Crippen molar-refractivity contribution in [2.45, 2.75) is 44.8 Å². The molecule has 2 atom stereocenters. The second-order valence-electron chi connectivity index (χ2n) is 10.1. The van der Waals surface area contributed by atoms with Gasteiger partial charge in [-0.1, -0.05) is 48.0 Å². The number of nitrogens with one attached hydrogen (secondary N) is 1. The second kappa shape index (κ2) is 12.1. The van der Waals surface area contributed by atoms with Gasteiger partial charge in [0.15, 0.2) is 6.10 Å². The standard InChI is InChI=1S/C30H34ClN5O3/c1-20-6-3-4-7-21(20)11-14-25-24(29(38)35-16-17-39-27(19-35)28(37)32-2)18-33-30(34-25)36-15-5-8-26(36)22-9-12-23(31)13-10-22/h3-4,6-7,9-10,12-13,18,26-27H,5,8,11,14-17,19H2,1-2H3,(H,32,37). The quantitative estimate of drug-likeness (QED) is 0.478. The number of halogens is 1. The van der Waals surface area contributed by atoms with Crippen molar-refractivity contribution in [3.05, 3.63) is 87.7 Å². The molecule has 9 heteroatoms. The van der Waals surface area contributed by atoms with Crippen molar-refractivity contribution in [2.24, 2.45) is 0 Å².